The van der Waals surface area contributed by atoms with E-state index >= 15 is 0 Å². The molecule has 0 fully saturated rings. The van der Waals surface area contributed by atoms with Crippen molar-refractivity contribution in [3.63, 3.8) is 0 Å². The van der Waals surface area contributed by atoms with Crippen molar-refractivity contribution in [2.24, 2.45) is 0 Å². The second-order valence-corrected chi connectivity index (χ2v) is 4.79. The molecule has 96 valence electrons. The Hall–Kier alpha value is -1.20. The van der Waals surface area contributed by atoms with Crippen molar-refractivity contribution in [3.8, 4) is 0 Å². The Kier molecular flexibility index (Phi) is 4.14. The van der Waals surface area contributed by atoms with Crippen LogP contribution in [0.15, 0.2) is 39.4 Å². The molecule has 2 nitrogen and oxygen atoms in total. The molecule has 1 unspecified atom stereocenters. The monoisotopic (exact) mass is 315 g/mol. The first-order valence-electron chi connectivity index (χ1n) is 5.48. The molecule has 0 bridgehead atoms. The van der Waals surface area contributed by atoms with E-state index in [1.54, 1.807) is 12.3 Å². The zero-order chi connectivity index (χ0) is 13.1. The van der Waals surface area contributed by atoms with E-state index in [-0.39, 0.29) is 22.6 Å². The Labute approximate surface area is 112 Å². The molecule has 0 aliphatic heterocycles. The predicted octanol–water partition coefficient (Wildman–Crippen LogP) is 4.17. The van der Waals surface area contributed by atoms with Gasteiger partial charge in [0, 0.05) is 12.1 Å². The fraction of sp³-hybridized carbons (Fsp3) is 0.231. The van der Waals surface area contributed by atoms with E-state index in [1.165, 1.54) is 12.1 Å². The van der Waals surface area contributed by atoms with E-state index in [0.29, 0.717) is 0 Å². The minimum atomic E-state index is -0.575. The Morgan fingerprint density at radius 1 is 1.33 bits per heavy atom. The van der Waals surface area contributed by atoms with Crippen LogP contribution in [0.3, 0.4) is 0 Å². The van der Waals surface area contributed by atoms with Crippen LogP contribution in [0.4, 0.5) is 8.78 Å². The molecule has 0 radical (unpaired) electrons. The van der Waals surface area contributed by atoms with Crippen LogP contribution in [-0.4, -0.2) is 0 Å². The summed E-state index contributed by atoms with van der Waals surface area (Å²) >= 11 is 3.04. The second-order valence-electron chi connectivity index (χ2n) is 3.94. The standard InChI is InChI=1S/C13H12BrF2NO/c1-8(12-3-2-6-18-12)17-7-9-11(15)5-4-10(14)13(9)16/h2-6,8,17H,7H2,1H3. The lowest BCUT2D eigenvalue weighted by Gasteiger charge is -2.12. The lowest BCUT2D eigenvalue weighted by molar-refractivity contribution is 0.422. The van der Waals surface area contributed by atoms with E-state index in [1.807, 2.05) is 13.0 Å². The first-order chi connectivity index (χ1) is 8.59. The van der Waals surface area contributed by atoms with Crippen LogP contribution >= 0.6 is 15.9 Å². The molecule has 1 N–H and O–H groups in total. The van der Waals surface area contributed by atoms with Gasteiger partial charge in [-0.05, 0) is 47.1 Å². The summed E-state index contributed by atoms with van der Waals surface area (Å²) in [4.78, 5) is 0. The number of halogens is 3. The molecule has 0 aliphatic rings. The summed E-state index contributed by atoms with van der Waals surface area (Å²) in [6.07, 6.45) is 1.56. The molecule has 0 saturated heterocycles. The topological polar surface area (TPSA) is 25.2 Å². The van der Waals surface area contributed by atoms with E-state index in [2.05, 4.69) is 21.2 Å². The maximum absolute atomic E-state index is 13.7. The molecule has 1 aromatic carbocycles. The van der Waals surface area contributed by atoms with E-state index in [0.717, 1.165) is 5.76 Å². The smallest absolute Gasteiger partial charge is 0.144 e. The fourth-order valence-electron chi connectivity index (χ4n) is 1.62. The van der Waals surface area contributed by atoms with E-state index < -0.39 is 11.6 Å². The van der Waals surface area contributed by atoms with Gasteiger partial charge in [-0.1, -0.05) is 0 Å². The van der Waals surface area contributed by atoms with Crippen molar-refractivity contribution in [3.05, 3.63) is 58.0 Å². The molecule has 0 aliphatic carbocycles. The van der Waals surface area contributed by atoms with Gasteiger partial charge >= 0.3 is 0 Å². The summed E-state index contributed by atoms with van der Waals surface area (Å²) in [6, 6.07) is 6.06. The molecular weight excluding hydrogens is 304 g/mol. The molecular formula is C13H12BrF2NO. The van der Waals surface area contributed by atoms with Crippen molar-refractivity contribution in [1.29, 1.82) is 0 Å². The average Bonchev–Trinajstić information content (AvgIpc) is 2.87. The maximum atomic E-state index is 13.7. The summed E-state index contributed by atoms with van der Waals surface area (Å²) in [5.74, 6) is -0.408. The lowest BCUT2D eigenvalue weighted by Crippen LogP contribution is -2.19. The highest BCUT2D eigenvalue weighted by molar-refractivity contribution is 9.10. The Morgan fingerprint density at radius 3 is 2.78 bits per heavy atom. The number of hydrogen-bond donors (Lipinski definition) is 1. The van der Waals surface area contributed by atoms with Crippen molar-refractivity contribution in [2.75, 3.05) is 0 Å². The van der Waals surface area contributed by atoms with Crippen molar-refractivity contribution in [1.82, 2.24) is 5.32 Å². The van der Waals surface area contributed by atoms with Gasteiger partial charge in [-0.15, -0.1) is 0 Å². The summed E-state index contributed by atoms with van der Waals surface area (Å²) in [6.45, 7) is 1.96. The SMILES string of the molecule is CC(NCc1c(F)ccc(Br)c1F)c1ccco1. The van der Waals surface area contributed by atoms with Crippen LogP contribution in [0.1, 0.15) is 24.3 Å². The minimum absolute atomic E-state index is 0.0165. The molecule has 0 spiro atoms. The summed E-state index contributed by atoms with van der Waals surface area (Å²) < 4.78 is 32.7. The Balaban J connectivity index is 2.09. The number of benzene rings is 1. The van der Waals surface area contributed by atoms with Crippen molar-refractivity contribution in [2.45, 2.75) is 19.5 Å². The van der Waals surface area contributed by atoms with Gasteiger partial charge < -0.3 is 9.73 Å². The number of nitrogens with one attached hydrogen (secondary N) is 1. The van der Waals surface area contributed by atoms with Crippen LogP contribution in [0, 0.1) is 11.6 Å². The van der Waals surface area contributed by atoms with Crippen LogP contribution < -0.4 is 5.32 Å². The largest absolute Gasteiger partial charge is 0.468 e. The highest BCUT2D eigenvalue weighted by atomic mass is 79.9. The van der Waals surface area contributed by atoms with E-state index in [4.69, 9.17) is 4.42 Å². The van der Waals surface area contributed by atoms with Gasteiger partial charge in [-0.3, -0.25) is 0 Å². The number of furan rings is 1. The quantitative estimate of drug-likeness (QED) is 0.857. The van der Waals surface area contributed by atoms with Crippen LogP contribution in [0.2, 0.25) is 0 Å². The summed E-state index contributed by atoms with van der Waals surface area (Å²) in [5.41, 5.74) is 0.0165. The first-order valence-corrected chi connectivity index (χ1v) is 6.28. The van der Waals surface area contributed by atoms with Crippen LogP contribution in [0.25, 0.3) is 0 Å². The fourth-order valence-corrected chi connectivity index (χ4v) is 2.00. The number of rotatable bonds is 4. The van der Waals surface area contributed by atoms with E-state index in [9.17, 15) is 8.78 Å². The van der Waals surface area contributed by atoms with Gasteiger partial charge in [0.25, 0.3) is 0 Å². The molecule has 2 aromatic rings. The highest BCUT2D eigenvalue weighted by Crippen LogP contribution is 2.22. The van der Waals surface area contributed by atoms with Gasteiger partial charge in [0.15, 0.2) is 0 Å². The number of hydrogen-bond acceptors (Lipinski definition) is 2. The third-order valence-corrected chi connectivity index (χ3v) is 3.31. The first kappa shape index (κ1) is 13.2. The zero-order valence-electron chi connectivity index (χ0n) is 9.71. The summed E-state index contributed by atoms with van der Waals surface area (Å²) in [5, 5.41) is 3.02. The highest BCUT2D eigenvalue weighted by Gasteiger charge is 2.14. The lowest BCUT2D eigenvalue weighted by atomic mass is 10.1. The zero-order valence-corrected chi connectivity index (χ0v) is 11.3. The third-order valence-electron chi connectivity index (χ3n) is 2.69. The summed E-state index contributed by atoms with van der Waals surface area (Å²) in [7, 11) is 0. The normalized spacial score (nSPS) is 12.7. The van der Waals surface area contributed by atoms with Gasteiger partial charge in [-0.2, -0.15) is 0 Å². The van der Waals surface area contributed by atoms with Crippen molar-refractivity contribution < 1.29 is 13.2 Å². The van der Waals surface area contributed by atoms with Gasteiger partial charge in [0.2, 0.25) is 0 Å². The van der Waals surface area contributed by atoms with Crippen molar-refractivity contribution >= 4 is 15.9 Å². The van der Waals surface area contributed by atoms with Gasteiger partial charge in [0.05, 0.1) is 16.8 Å². The van der Waals surface area contributed by atoms with Gasteiger partial charge in [0.1, 0.15) is 17.4 Å². The molecule has 0 amide bonds. The third kappa shape index (κ3) is 2.79. The average molecular weight is 316 g/mol. The molecule has 1 atom stereocenters. The second kappa shape index (κ2) is 5.63. The minimum Gasteiger partial charge on any atom is -0.468 e. The molecule has 18 heavy (non-hydrogen) atoms. The predicted molar refractivity (Wildman–Crippen MR) is 68.0 cm³/mol. The Morgan fingerprint density at radius 2 is 2.11 bits per heavy atom. The van der Waals surface area contributed by atoms with Gasteiger partial charge in [-0.25, -0.2) is 8.78 Å². The molecule has 2 rings (SSSR count). The van der Waals surface area contributed by atoms with Crippen LogP contribution in [-0.2, 0) is 6.54 Å². The van der Waals surface area contributed by atoms with Crippen LogP contribution in [0.5, 0.6) is 0 Å². The molecule has 0 saturated carbocycles. The molecule has 1 aromatic heterocycles. The molecule has 1 heterocycles. The molecule has 5 heteroatoms. The Bertz CT molecular complexity index is 528. The maximum Gasteiger partial charge on any atom is 0.144 e.